The van der Waals surface area contributed by atoms with Crippen molar-refractivity contribution in [1.29, 1.82) is 0 Å². The molecule has 1 aromatic rings. The lowest BCUT2D eigenvalue weighted by molar-refractivity contribution is -0.120. The van der Waals surface area contributed by atoms with Crippen LogP contribution in [0, 0.1) is 6.92 Å². The van der Waals surface area contributed by atoms with Crippen LogP contribution in [0.3, 0.4) is 0 Å². The van der Waals surface area contributed by atoms with E-state index in [2.05, 4.69) is 10.3 Å². The molecule has 15 heavy (non-hydrogen) atoms. The number of rotatable bonds is 4. The Labute approximate surface area is 97.7 Å². The van der Waals surface area contributed by atoms with Crippen molar-refractivity contribution in [3.63, 3.8) is 0 Å². The van der Waals surface area contributed by atoms with Gasteiger partial charge in [-0.25, -0.2) is 4.98 Å². The highest BCUT2D eigenvalue weighted by Crippen LogP contribution is 2.26. The summed E-state index contributed by atoms with van der Waals surface area (Å²) in [5.41, 5.74) is 0.996. The molecule has 1 saturated carbocycles. The summed E-state index contributed by atoms with van der Waals surface area (Å²) >= 11 is 3.26. The van der Waals surface area contributed by atoms with E-state index in [1.165, 1.54) is 0 Å². The average molecular weight is 242 g/mol. The van der Waals surface area contributed by atoms with Gasteiger partial charge in [0.05, 0.1) is 12.1 Å². The zero-order valence-corrected chi connectivity index (χ0v) is 10.5. The van der Waals surface area contributed by atoms with Crippen molar-refractivity contribution in [2.24, 2.45) is 0 Å². The van der Waals surface area contributed by atoms with Crippen molar-refractivity contribution in [3.8, 4) is 0 Å². The summed E-state index contributed by atoms with van der Waals surface area (Å²) in [4.78, 5) is 17.0. The molecule has 82 valence electrons. The molecule has 1 heterocycles. The summed E-state index contributed by atoms with van der Waals surface area (Å²) in [6, 6.07) is 0.450. The minimum Gasteiger partial charge on any atom is -0.353 e. The fourth-order valence-corrected chi connectivity index (χ4v) is 2.96. The van der Waals surface area contributed by atoms with Crippen LogP contribution in [0.2, 0.25) is 0 Å². The molecule has 0 spiro atoms. The van der Waals surface area contributed by atoms with Crippen molar-refractivity contribution in [1.82, 2.24) is 10.3 Å². The van der Waals surface area contributed by atoms with Crippen LogP contribution < -0.4 is 5.32 Å². The smallest absolute Gasteiger partial charge is 0.225 e. The van der Waals surface area contributed by atoms with Gasteiger partial charge in [0, 0.05) is 10.9 Å². The van der Waals surface area contributed by atoms with E-state index in [0.29, 0.717) is 12.5 Å². The molecule has 1 fully saturated rings. The van der Waals surface area contributed by atoms with Crippen molar-refractivity contribution in [3.05, 3.63) is 10.6 Å². The van der Waals surface area contributed by atoms with Crippen LogP contribution in [-0.4, -0.2) is 23.2 Å². The van der Waals surface area contributed by atoms with E-state index in [9.17, 15) is 4.79 Å². The molecule has 5 heteroatoms. The van der Waals surface area contributed by atoms with Gasteiger partial charge in [-0.2, -0.15) is 0 Å². The standard InChI is InChI=1S/C10H14N2OS2/c1-6-8(15-10(11-6)14-2)5-9(13)12-7-3-4-7/h7H,3-5H2,1-2H3,(H,12,13). The molecule has 0 saturated heterocycles. The Hall–Kier alpha value is -0.550. The van der Waals surface area contributed by atoms with Gasteiger partial charge in [0.2, 0.25) is 5.91 Å². The van der Waals surface area contributed by atoms with Gasteiger partial charge in [0.25, 0.3) is 0 Å². The molecular formula is C10H14N2OS2. The molecule has 0 atom stereocenters. The van der Waals surface area contributed by atoms with Crippen LogP contribution in [0.5, 0.6) is 0 Å². The monoisotopic (exact) mass is 242 g/mol. The maximum atomic E-state index is 11.6. The highest BCUT2D eigenvalue weighted by atomic mass is 32.2. The van der Waals surface area contributed by atoms with Crippen molar-refractivity contribution in [2.45, 2.75) is 36.6 Å². The van der Waals surface area contributed by atoms with Crippen LogP contribution >= 0.6 is 23.1 Å². The van der Waals surface area contributed by atoms with Gasteiger partial charge in [-0.15, -0.1) is 11.3 Å². The molecular weight excluding hydrogens is 228 g/mol. The van der Waals surface area contributed by atoms with Crippen molar-refractivity contribution < 1.29 is 4.79 Å². The molecule has 3 nitrogen and oxygen atoms in total. The quantitative estimate of drug-likeness (QED) is 0.821. The second-order valence-corrected chi connectivity index (χ2v) is 5.85. The van der Waals surface area contributed by atoms with Crippen molar-refractivity contribution >= 4 is 29.0 Å². The zero-order valence-electron chi connectivity index (χ0n) is 8.87. The molecule has 1 amide bonds. The molecule has 0 aromatic carbocycles. The number of thioether (sulfide) groups is 1. The van der Waals surface area contributed by atoms with E-state index in [0.717, 1.165) is 27.8 Å². The number of hydrogen-bond donors (Lipinski definition) is 1. The number of nitrogens with one attached hydrogen (secondary N) is 1. The van der Waals surface area contributed by atoms with Gasteiger partial charge < -0.3 is 5.32 Å². The van der Waals surface area contributed by atoms with E-state index < -0.39 is 0 Å². The Bertz CT molecular complexity index is 371. The molecule has 1 aliphatic rings. The molecule has 0 unspecified atom stereocenters. The Kier molecular flexibility index (Phi) is 3.31. The molecule has 0 aliphatic heterocycles. The minimum atomic E-state index is 0.136. The molecule has 1 aliphatic carbocycles. The summed E-state index contributed by atoms with van der Waals surface area (Å²) in [5, 5.41) is 2.99. The van der Waals surface area contributed by atoms with Crippen LogP contribution in [0.1, 0.15) is 23.4 Å². The fraction of sp³-hybridized carbons (Fsp3) is 0.600. The third-order valence-corrected chi connectivity index (χ3v) is 4.45. The summed E-state index contributed by atoms with van der Waals surface area (Å²) in [6.07, 6.45) is 4.78. The fourth-order valence-electron chi connectivity index (χ4n) is 1.30. The maximum absolute atomic E-state index is 11.6. The molecule has 2 rings (SSSR count). The first-order chi connectivity index (χ1) is 7.19. The molecule has 0 radical (unpaired) electrons. The van der Waals surface area contributed by atoms with Gasteiger partial charge in [0.1, 0.15) is 4.34 Å². The second-order valence-electron chi connectivity index (χ2n) is 3.71. The number of aryl methyl sites for hydroxylation is 1. The van der Waals surface area contributed by atoms with Crippen LogP contribution in [-0.2, 0) is 11.2 Å². The van der Waals surface area contributed by atoms with Gasteiger partial charge in [-0.05, 0) is 26.0 Å². The summed E-state index contributed by atoms with van der Waals surface area (Å²) in [7, 11) is 0. The Morgan fingerprint density at radius 2 is 2.40 bits per heavy atom. The SMILES string of the molecule is CSc1nc(C)c(CC(=O)NC2CC2)s1. The maximum Gasteiger partial charge on any atom is 0.225 e. The summed E-state index contributed by atoms with van der Waals surface area (Å²) < 4.78 is 1.04. The normalized spacial score (nSPS) is 15.3. The Morgan fingerprint density at radius 3 is 2.93 bits per heavy atom. The largest absolute Gasteiger partial charge is 0.353 e. The summed E-state index contributed by atoms with van der Waals surface area (Å²) in [6.45, 7) is 1.97. The number of carbonyl (C=O) groups excluding carboxylic acids is 1. The number of nitrogens with zero attached hydrogens (tertiary/aromatic N) is 1. The van der Waals surface area contributed by atoms with E-state index in [-0.39, 0.29) is 5.91 Å². The Morgan fingerprint density at radius 1 is 1.67 bits per heavy atom. The lowest BCUT2D eigenvalue weighted by atomic mass is 10.3. The van der Waals surface area contributed by atoms with Crippen LogP contribution in [0.25, 0.3) is 0 Å². The third-order valence-electron chi connectivity index (χ3n) is 2.31. The van der Waals surface area contributed by atoms with Gasteiger partial charge in [0.15, 0.2) is 0 Å². The minimum absolute atomic E-state index is 0.136. The second kappa shape index (κ2) is 4.53. The third kappa shape index (κ3) is 2.95. The van der Waals surface area contributed by atoms with Crippen LogP contribution in [0.15, 0.2) is 4.34 Å². The molecule has 0 bridgehead atoms. The molecule has 1 aromatic heterocycles. The number of aromatic nitrogens is 1. The van der Waals surface area contributed by atoms with Gasteiger partial charge >= 0.3 is 0 Å². The first-order valence-corrected chi connectivity index (χ1v) is 7.03. The number of thiazole rings is 1. The molecule has 1 N–H and O–H groups in total. The van der Waals surface area contributed by atoms with E-state index in [1.54, 1.807) is 23.1 Å². The van der Waals surface area contributed by atoms with Gasteiger partial charge in [-0.1, -0.05) is 11.8 Å². The highest BCUT2D eigenvalue weighted by molar-refractivity contribution is 8.00. The first-order valence-electron chi connectivity index (χ1n) is 4.98. The lowest BCUT2D eigenvalue weighted by Crippen LogP contribution is -2.26. The van der Waals surface area contributed by atoms with Crippen LogP contribution in [0.4, 0.5) is 0 Å². The first kappa shape index (κ1) is 11.0. The number of amides is 1. The van der Waals surface area contributed by atoms with E-state index >= 15 is 0 Å². The van der Waals surface area contributed by atoms with E-state index in [1.807, 2.05) is 13.2 Å². The predicted octanol–water partition coefficient (Wildman–Crippen LogP) is 1.99. The zero-order chi connectivity index (χ0) is 10.8. The Balaban J connectivity index is 1.95. The van der Waals surface area contributed by atoms with Crippen molar-refractivity contribution in [2.75, 3.05) is 6.26 Å². The average Bonchev–Trinajstić information content (AvgIpc) is 2.92. The predicted molar refractivity (Wildman–Crippen MR) is 63.5 cm³/mol. The number of hydrogen-bond acceptors (Lipinski definition) is 4. The number of carbonyl (C=O) groups is 1. The van der Waals surface area contributed by atoms with E-state index in [4.69, 9.17) is 0 Å². The highest BCUT2D eigenvalue weighted by Gasteiger charge is 2.23. The lowest BCUT2D eigenvalue weighted by Gasteiger charge is -2.00. The van der Waals surface area contributed by atoms with Gasteiger partial charge in [-0.3, -0.25) is 4.79 Å². The topological polar surface area (TPSA) is 42.0 Å². The summed E-state index contributed by atoms with van der Waals surface area (Å²) in [5.74, 6) is 0.136.